The van der Waals surface area contributed by atoms with Gasteiger partial charge in [0.15, 0.2) is 0 Å². The topological polar surface area (TPSA) is 66.4 Å². The van der Waals surface area contributed by atoms with Crippen molar-refractivity contribution in [2.24, 2.45) is 5.92 Å². The summed E-state index contributed by atoms with van der Waals surface area (Å²) >= 11 is 3.20. The number of rotatable bonds is 6. The fourth-order valence-electron chi connectivity index (χ4n) is 1.57. The van der Waals surface area contributed by atoms with Crippen molar-refractivity contribution in [2.45, 2.75) is 31.3 Å². The lowest BCUT2D eigenvalue weighted by Crippen LogP contribution is -2.33. The third kappa shape index (κ3) is 4.68. The van der Waals surface area contributed by atoms with Gasteiger partial charge in [-0.05, 0) is 40.4 Å². The molecule has 0 saturated carbocycles. The third-order valence-electron chi connectivity index (χ3n) is 2.38. The predicted molar refractivity (Wildman–Crippen MR) is 74.8 cm³/mol. The van der Waals surface area contributed by atoms with Gasteiger partial charge in [0, 0.05) is 11.0 Å². The van der Waals surface area contributed by atoms with Crippen LogP contribution in [0.15, 0.2) is 33.6 Å². The van der Waals surface area contributed by atoms with Crippen LogP contribution in [0.4, 0.5) is 0 Å². The van der Waals surface area contributed by atoms with Crippen molar-refractivity contribution in [3.05, 3.63) is 28.7 Å². The molecule has 6 heteroatoms. The van der Waals surface area contributed by atoms with Gasteiger partial charge >= 0.3 is 0 Å². The Hall–Kier alpha value is -0.430. The molecule has 0 aliphatic rings. The summed E-state index contributed by atoms with van der Waals surface area (Å²) in [6.45, 7) is 3.98. The third-order valence-corrected chi connectivity index (χ3v) is 4.81. The molecular formula is C12H18BrNO3S. The minimum absolute atomic E-state index is 0.0296. The molecule has 0 spiro atoms. The van der Waals surface area contributed by atoms with Gasteiger partial charge in [0.2, 0.25) is 10.0 Å². The molecule has 2 N–H and O–H groups in total. The average Bonchev–Trinajstić information content (AvgIpc) is 2.26. The van der Waals surface area contributed by atoms with Gasteiger partial charge in [-0.25, -0.2) is 13.1 Å². The highest BCUT2D eigenvalue weighted by Gasteiger charge is 2.18. The largest absolute Gasteiger partial charge is 0.392 e. The van der Waals surface area contributed by atoms with Crippen molar-refractivity contribution in [1.29, 1.82) is 0 Å². The second-order valence-corrected chi connectivity index (χ2v) is 7.16. The Morgan fingerprint density at radius 3 is 2.50 bits per heavy atom. The van der Waals surface area contributed by atoms with Crippen molar-refractivity contribution in [1.82, 2.24) is 4.72 Å². The summed E-state index contributed by atoms with van der Waals surface area (Å²) in [6, 6.07) is 6.58. The van der Waals surface area contributed by atoms with Crippen LogP contribution in [0.1, 0.15) is 20.3 Å². The fraction of sp³-hybridized carbons (Fsp3) is 0.500. The number of sulfonamides is 1. The van der Waals surface area contributed by atoms with Crippen LogP contribution < -0.4 is 4.72 Å². The summed E-state index contributed by atoms with van der Waals surface area (Å²) in [4.78, 5) is 0.182. The zero-order valence-electron chi connectivity index (χ0n) is 10.4. The van der Waals surface area contributed by atoms with E-state index in [0.29, 0.717) is 16.8 Å². The highest BCUT2D eigenvalue weighted by Crippen LogP contribution is 2.20. The molecule has 1 atom stereocenters. The van der Waals surface area contributed by atoms with E-state index in [-0.39, 0.29) is 11.4 Å². The molecule has 0 radical (unpaired) electrons. The van der Waals surface area contributed by atoms with Gasteiger partial charge in [0.1, 0.15) is 0 Å². The molecule has 0 bridgehead atoms. The minimum Gasteiger partial charge on any atom is -0.392 e. The van der Waals surface area contributed by atoms with Gasteiger partial charge in [-0.3, -0.25) is 0 Å². The first-order chi connectivity index (χ1) is 8.33. The summed E-state index contributed by atoms with van der Waals surface area (Å²) < 4.78 is 26.9. The van der Waals surface area contributed by atoms with Crippen LogP contribution in [-0.4, -0.2) is 26.2 Å². The van der Waals surface area contributed by atoms with E-state index in [1.54, 1.807) is 18.2 Å². The Morgan fingerprint density at radius 2 is 1.94 bits per heavy atom. The molecule has 0 aliphatic carbocycles. The quantitative estimate of drug-likeness (QED) is 0.836. The summed E-state index contributed by atoms with van der Waals surface area (Å²) in [5.41, 5.74) is 0. The molecule has 0 aromatic heterocycles. The number of hydrogen-bond donors (Lipinski definition) is 2. The SMILES string of the molecule is CC(C)CC(O)CNS(=O)(=O)c1ccccc1Br. The van der Waals surface area contributed by atoms with Crippen molar-refractivity contribution in [3.63, 3.8) is 0 Å². The maximum absolute atomic E-state index is 12.0. The molecule has 0 fully saturated rings. The molecule has 0 amide bonds. The normalized spacial score (nSPS) is 13.8. The van der Waals surface area contributed by atoms with Crippen molar-refractivity contribution in [2.75, 3.05) is 6.54 Å². The Balaban J connectivity index is 2.69. The molecule has 1 rings (SSSR count). The van der Waals surface area contributed by atoms with Crippen LogP contribution in [0, 0.1) is 5.92 Å². The maximum Gasteiger partial charge on any atom is 0.241 e. The van der Waals surface area contributed by atoms with E-state index in [1.165, 1.54) is 6.07 Å². The lowest BCUT2D eigenvalue weighted by molar-refractivity contribution is 0.152. The Kier molecular flexibility index (Phi) is 5.78. The van der Waals surface area contributed by atoms with E-state index < -0.39 is 16.1 Å². The zero-order chi connectivity index (χ0) is 13.8. The fourth-order valence-corrected chi connectivity index (χ4v) is 3.65. The second-order valence-electron chi connectivity index (χ2n) is 4.57. The molecule has 18 heavy (non-hydrogen) atoms. The molecule has 1 aromatic carbocycles. The zero-order valence-corrected chi connectivity index (χ0v) is 12.8. The molecule has 0 heterocycles. The lowest BCUT2D eigenvalue weighted by Gasteiger charge is -2.14. The summed E-state index contributed by atoms with van der Waals surface area (Å²) in [6.07, 6.45) is -0.0966. The molecule has 0 saturated heterocycles. The standard InChI is InChI=1S/C12H18BrNO3S/c1-9(2)7-10(15)8-14-18(16,17)12-6-4-3-5-11(12)13/h3-6,9-10,14-15H,7-8H2,1-2H3. The molecule has 102 valence electrons. The molecule has 4 nitrogen and oxygen atoms in total. The highest BCUT2D eigenvalue weighted by atomic mass is 79.9. The van der Waals surface area contributed by atoms with Gasteiger partial charge in [0.25, 0.3) is 0 Å². The van der Waals surface area contributed by atoms with Gasteiger partial charge in [-0.2, -0.15) is 0 Å². The summed E-state index contributed by atoms with van der Waals surface area (Å²) in [5, 5.41) is 9.66. The Labute approximate surface area is 117 Å². The van der Waals surface area contributed by atoms with E-state index in [2.05, 4.69) is 20.7 Å². The predicted octanol–water partition coefficient (Wildman–Crippen LogP) is 2.13. The first-order valence-electron chi connectivity index (χ1n) is 5.75. The van der Waals surface area contributed by atoms with E-state index in [4.69, 9.17) is 0 Å². The Bertz CT molecular complexity index is 488. The number of benzene rings is 1. The smallest absolute Gasteiger partial charge is 0.241 e. The first kappa shape index (κ1) is 15.6. The van der Waals surface area contributed by atoms with Crippen LogP contribution in [0.2, 0.25) is 0 Å². The van der Waals surface area contributed by atoms with Crippen molar-refractivity contribution in [3.8, 4) is 0 Å². The Morgan fingerprint density at radius 1 is 1.33 bits per heavy atom. The van der Waals surface area contributed by atoms with Crippen LogP contribution in [0.3, 0.4) is 0 Å². The van der Waals surface area contributed by atoms with Gasteiger partial charge < -0.3 is 5.11 Å². The van der Waals surface area contributed by atoms with E-state index >= 15 is 0 Å². The summed E-state index contributed by atoms with van der Waals surface area (Å²) in [5.74, 6) is 0.327. The first-order valence-corrected chi connectivity index (χ1v) is 8.03. The second kappa shape index (κ2) is 6.65. The van der Waals surface area contributed by atoms with E-state index in [9.17, 15) is 13.5 Å². The number of aliphatic hydroxyl groups is 1. The average molecular weight is 336 g/mol. The number of aliphatic hydroxyl groups excluding tert-OH is 1. The van der Waals surface area contributed by atoms with E-state index in [1.807, 2.05) is 13.8 Å². The highest BCUT2D eigenvalue weighted by molar-refractivity contribution is 9.10. The monoisotopic (exact) mass is 335 g/mol. The van der Waals surface area contributed by atoms with Crippen molar-refractivity contribution < 1.29 is 13.5 Å². The van der Waals surface area contributed by atoms with Gasteiger partial charge in [-0.1, -0.05) is 26.0 Å². The molecule has 1 aromatic rings. The molecular weight excluding hydrogens is 318 g/mol. The van der Waals surface area contributed by atoms with Crippen LogP contribution >= 0.6 is 15.9 Å². The van der Waals surface area contributed by atoms with Crippen molar-refractivity contribution >= 4 is 26.0 Å². The lowest BCUT2D eigenvalue weighted by atomic mass is 10.1. The maximum atomic E-state index is 12.0. The van der Waals surface area contributed by atoms with E-state index in [0.717, 1.165) is 0 Å². The molecule has 1 unspecified atom stereocenters. The summed E-state index contributed by atoms with van der Waals surface area (Å²) in [7, 11) is -3.58. The molecule has 0 aliphatic heterocycles. The number of nitrogens with one attached hydrogen (secondary N) is 1. The number of hydrogen-bond acceptors (Lipinski definition) is 3. The van der Waals surface area contributed by atoms with Crippen LogP contribution in [0.25, 0.3) is 0 Å². The van der Waals surface area contributed by atoms with Gasteiger partial charge in [-0.15, -0.1) is 0 Å². The minimum atomic E-state index is -3.58. The van der Waals surface area contributed by atoms with Gasteiger partial charge in [0.05, 0.1) is 11.0 Å². The number of halogens is 1. The van der Waals surface area contributed by atoms with Crippen LogP contribution in [-0.2, 0) is 10.0 Å². The van der Waals surface area contributed by atoms with Crippen LogP contribution in [0.5, 0.6) is 0 Å².